The highest BCUT2D eigenvalue weighted by atomic mass is 16.2. The van der Waals surface area contributed by atoms with Gasteiger partial charge in [-0.25, -0.2) is 0 Å². The Morgan fingerprint density at radius 1 is 1.12 bits per heavy atom. The fraction of sp³-hybridized carbons (Fsp3) is 0.818. The lowest BCUT2D eigenvalue weighted by Gasteiger charge is -2.36. The normalized spacial score (nSPS) is 12.1. The van der Waals surface area contributed by atoms with Gasteiger partial charge in [-0.3, -0.25) is 9.59 Å². The molecule has 0 spiro atoms. The van der Waals surface area contributed by atoms with Crippen LogP contribution in [0.5, 0.6) is 0 Å². The van der Waals surface area contributed by atoms with Gasteiger partial charge in [-0.2, -0.15) is 0 Å². The monoisotopic (exact) mass is 229 g/mol. The highest BCUT2D eigenvalue weighted by Gasteiger charge is 2.40. The summed E-state index contributed by atoms with van der Waals surface area (Å²) in [5.74, 6) is -0.410. The first-order valence-corrected chi connectivity index (χ1v) is 5.46. The Hall–Kier alpha value is -1.10. The molecule has 0 fully saturated rings. The van der Waals surface area contributed by atoms with Gasteiger partial charge >= 0.3 is 0 Å². The first-order chi connectivity index (χ1) is 7.13. The smallest absolute Gasteiger partial charge is 0.239 e. The molecule has 5 nitrogen and oxygen atoms in total. The predicted molar refractivity (Wildman–Crippen MR) is 63.7 cm³/mol. The van der Waals surface area contributed by atoms with Crippen molar-refractivity contribution in [1.82, 2.24) is 10.6 Å². The van der Waals surface area contributed by atoms with Gasteiger partial charge in [-0.05, 0) is 34.6 Å². The molecule has 0 aromatic rings. The van der Waals surface area contributed by atoms with Crippen LogP contribution >= 0.6 is 0 Å². The fourth-order valence-corrected chi connectivity index (χ4v) is 0.934. The molecule has 0 aliphatic carbocycles. The summed E-state index contributed by atoms with van der Waals surface area (Å²) in [6, 6.07) is 0. The molecule has 4 N–H and O–H groups in total. The molecule has 0 saturated carbocycles. The Morgan fingerprint density at radius 2 is 1.62 bits per heavy atom. The van der Waals surface area contributed by atoms with Gasteiger partial charge in [0.05, 0.1) is 12.0 Å². The van der Waals surface area contributed by atoms with Crippen LogP contribution in [0.25, 0.3) is 0 Å². The predicted octanol–water partition coefficient (Wildman–Crippen LogP) is 0.00220. The summed E-state index contributed by atoms with van der Waals surface area (Å²) in [4.78, 5) is 23.0. The van der Waals surface area contributed by atoms with E-state index in [-0.39, 0.29) is 18.4 Å². The van der Waals surface area contributed by atoms with E-state index in [1.165, 1.54) is 0 Å². The third-order valence-electron chi connectivity index (χ3n) is 2.96. The molecule has 5 heteroatoms. The van der Waals surface area contributed by atoms with Gasteiger partial charge in [0.1, 0.15) is 0 Å². The summed E-state index contributed by atoms with van der Waals surface area (Å²) in [5.41, 5.74) is 4.55. The van der Waals surface area contributed by atoms with Gasteiger partial charge in [-0.1, -0.05) is 0 Å². The summed E-state index contributed by atoms with van der Waals surface area (Å²) in [6.07, 6.45) is 0. The summed E-state index contributed by atoms with van der Waals surface area (Å²) >= 11 is 0. The zero-order chi connectivity index (χ0) is 13.0. The van der Waals surface area contributed by atoms with Crippen molar-refractivity contribution >= 4 is 11.8 Å². The first kappa shape index (κ1) is 14.9. The van der Waals surface area contributed by atoms with Crippen molar-refractivity contribution in [2.24, 2.45) is 11.1 Å². The molecule has 0 heterocycles. The quantitative estimate of drug-likeness (QED) is 0.620. The molecule has 0 bridgehead atoms. The second kappa shape index (κ2) is 5.30. The lowest BCUT2D eigenvalue weighted by molar-refractivity contribution is -0.134. The number of nitrogens with two attached hydrogens (primary N) is 1. The van der Waals surface area contributed by atoms with Gasteiger partial charge < -0.3 is 16.4 Å². The molecule has 0 aliphatic rings. The van der Waals surface area contributed by atoms with Gasteiger partial charge in [0.15, 0.2) is 0 Å². The van der Waals surface area contributed by atoms with E-state index in [0.29, 0.717) is 6.54 Å². The summed E-state index contributed by atoms with van der Waals surface area (Å²) in [7, 11) is 0. The van der Waals surface area contributed by atoms with E-state index >= 15 is 0 Å². The maximum absolute atomic E-state index is 11.8. The molecule has 0 saturated heterocycles. The number of carbonyl (C=O) groups excluding carboxylic acids is 2. The van der Waals surface area contributed by atoms with Crippen LogP contribution in [-0.2, 0) is 9.59 Å². The van der Waals surface area contributed by atoms with Crippen LogP contribution in [0.1, 0.15) is 34.6 Å². The third kappa shape index (κ3) is 3.81. The number of hydrogen-bond donors (Lipinski definition) is 3. The molecule has 0 aliphatic heterocycles. The number of rotatable bonds is 5. The van der Waals surface area contributed by atoms with E-state index in [4.69, 9.17) is 5.73 Å². The Bertz CT molecular complexity index is 267. The zero-order valence-electron chi connectivity index (χ0n) is 10.8. The van der Waals surface area contributed by atoms with Crippen LogP contribution in [0.3, 0.4) is 0 Å². The topological polar surface area (TPSA) is 84.2 Å². The lowest BCUT2D eigenvalue weighted by Crippen LogP contribution is -2.56. The van der Waals surface area contributed by atoms with Gasteiger partial charge in [0.25, 0.3) is 0 Å². The number of carbonyl (C=O) groups is 2. The molecule has 0 aromatic carbocycles. The van der Waals surface area contributed by atoms with Crippen molar-refractivity contribution < 1.29 is 9.59 Å². The Balaban J connectivity index is 4.32. The molecule has 0 radical (unpaired) electrons. The Morgan fingerprint density at radius 3 is 2.00 bits per heavy atom. The van der Waals surface area contributed by atoms with Gasteiger partial charge in [-0.15, -0.1) is 0 Å². The van der Waals surface area contributed by atoms with Crippen LogP contribution in [0.15, 0.2) is 0 Å². The molecule has 0 atom stereocenters. The minimum Gasteiger partial charge on any atom is -0.355 e. The number of likely N-dealkylation sites (N-methyl/N-ethyl adjacent to an activating group) is 1. The van der Waals surface area contributed by atoms with Crippen LogP contribution in [0, 0.1) is 5.41 Å². The minimum atomic E-state index is -0.723. The maximum atomic E-state index is 11.8. The van der Waals surface area contributed by atoms with Crippen molar-refractivity contribution in [3.8, 4) is 0 Å². The van der Waals surface area contributed by atoms with Crippen LogP contribution < -0.4 is 16.4 Å². The van der Waals surface area contributed by atoms with Crippen LogP contribution in [-0.4, -0.2) is 30.4 Å². The second-order valence-corrected chi connectivity index (χ2v) is 4.98. The zero-order valence-corrected chi connectivity index (χ0v) is 10.8. The van der Waals surface area contributed by atoms with Crippen LogP contribution in [0.4, 0.5) is 0 Å². The molecule has 0 aromatic heterocycles. The van der Waals surface area contributed by atoms with E-state index in [1.54, 1.807) is 27.7 Å². The number of hydrogen-bond acceptors (Lipinski definition) is 3. The van der Waals surface area contributed by atoms with Crippen molar-refractivity contribution in [2.75, 3.05) is 13.1 Å². The Kier molecular flexibility index (Phi) is 4.93. The fourth-order valence-electron chi connectivity index (χ4n) is 0.934. The van der Waals surface area contributed by atoms with E-state index < -0.39 is 11.0 Å². The van der Waals surface area contributed by atoms with Gasteiger partial charge in [0, 0.05) is 12.1 Å². The second-order valence-electron chi connectivity index (χ2n) is 4.98. The molecule has 0 rings (SSSR count). The highest BCUT2D eigenvalue weighted by molar-refractivity contribution is 5.88. The molecular weight excluding hydrogens is 206 g/mol. The number of amides is 2. The maximum Gasteiger partial charge on any atom is 0.239 e. The van der Waals surface area contributed by atoms with Crippen molar-refractivity contribution in [3.63, 3.8) is 0 Å². The highest BCUT2D eigenvalue weighted by Crippen LogP contribution is 2.28. The van der Waals surface area contributed by atoms with Crippen molar-refractivity contribution in [1.29, 1.82) is 0 Å². The molecule has 94 valence electrons. The van der Waals surface area contributed by atoms with Crippen molar-refractivity contribution in [3.05, 3.63) is 0 Å². The van der Waals surface area contributed by atoms with E-state index in [9.17, 15) is 9.59 Å². The molecule has 2 amide bonds. The molecule has 16 heavy (non-hydrogen) atoms. The molecular formula is C11H23N3O2. The van der Waals surface area contributed by atoms with E-state index in [1.807, 2.05) is 6.92 Å². The van der Waals surface area contributed by atoms with Crippen LogP contribution in [0.2, 0.25) is 0 Å². The lowest BCUT2D eigenvalue weighted by atomic mass is 9.74. The Labute approximate surface area is 97.2 Å². The standard InChI is InChI=1S/C11H23N3O2/c1-6-13-8(15)7-14-9(16)10(2,3)11(4,5)12/h6-7,12H2,1-5H3,(H,13,15)(H,14,16). The average molecular weight is 229 g/mol. The summed E-state index contributed by atoms with van der Waals surface area (Å²) in [6.45, 7) is 9.48. The summed E-state index contributed by atoms with van der Waals surface area (Å²) < 4.78 is 0. The minimum absolute atomic E-state index is 0.00775. The van der Waals surface area contributed by atoms with E-state index in [2.05, 4.69) is 10.6 Å². The third-order valence-corrected chi connectivity index (χ3v) is 2.96. The largest absolute Gasteiger partial charge is 0.355 e. The SMILES string of the molecule is CCNC(=O)CNC(=O)C(C)(C)C(C)(C)N. The van der Waals surface area contributed by atoms with Crippen molar-refractivity contribution in [2.45, 2.75) is 40.2 Å². The average Bonchev–Trinajstić information content (AvgIpc) is 2.12. The summed E-state index contributed by atoms with van der Waals surface area (Å²) in [5, 5.41) is 5.19. The number of nitrogens with one attached hydrogen (secondary N) is 2. The van der Waals surface area contributed by atoms with E-state index in [0.717, 1.165) is 0 Å². The first-order valence-electron chi connectivity index (χ1n) is 5.46. The van der Waals surface area contributed by atoms with Gasteiger partial charge in [0.2, 0.25) is 11.8 Å². The molecule has 0 unspecified atom stereocenters.